The van der Waals surface area contributed by atoms with Gasteiger partial charge in [0.05, 0.1) is 23.0 Å². The SMILES string of the molecule is C/C(=N/Nc1cc(-c2ccccc2C#N)nc(C)n1)c1ccc(C)cc1. The number of hydrogen-bond donors (Lipinski definition) is 1. The minimum absolute atomic E-state index is 0.580. The highest BCUT2D eigenvalue weighted by molar-refractivity contribution is 5.99. The molecular formula is C21H19N5. The van der Waals surface area contributed by atoms with Crippen molar-refractivity contribution in [3.05, 3.63) is 77.1 Å². The fourth-order valence-electron chi connectivity index (χ4n) is 2.57. The number of hydrogen-bond acceptors (Lipinski definition) is 5. The second kappa shape index (κ2) is 7.58. The molecule has 3 aromatic rings. The van der Waals surface area contributed by atoms with Gasteiger partial charge >= 0.3 is 0 Å². The summed E-state index contributed by atoms with van der Waals surface area (Å²) in [5.41, 5.74) is 8.17. The van der Waals surface area contributed by atoms with Gasteiger partial charge in [-0.1, -0.05) is 48.0 Å². The normalized spacial score (nSPS) is 11.1. The lowest BCUT2D eigenvalue weighted by Crippen LogP contribution is -2.03. The molecule has 0 bridgehead atoms. The van der Waals surface area contributed by atoms with Crippen LogP contribution in [0.25, 0.3) is 11.3 Å². The molecule has 0 unspecified atom stereocenters. The molecule has 0 saturated heterocycles. The summed E-state index contributed by atoms with van der Waals surface area (Å²) in [6.07, 6.45) is 0. The quantitative estimate of drug-likeness (QED) is 0.561. The van der Waals surface area contributed by atoms with Crippen LogP contribution in [0.3, 0.4) is 0 Å². The third-order valence-corrected chi connectivity index (χ3v) is 3.97. The number of nitrogens with one attached hydrogen (secondary N) is 1. The minimum atomic E-state index is 0.580. The summed E-state index contributed by atoms with van der Waals surface area (Å²) in [5.74, 6) is 1.20. The van der Waals surface area contributed by atoms with Gasteiger partial charge in [0.2, 0.25) is 0 Å². The number of nitriles is 1. The van der Waals surface area contributed by atoms with E-state index in [9.17, 15) is 5.26 Å². The Hall–Kier alpha value is -3.52. The van der Waals surface area contributed by atoms with E-state index in [2.05, 4.69) is 45.6 Å². The molecule has 0 atom stereocenters. The number of rotatable bonds is 4. The van der Waals surface area contributed by atoms with Crippen molar-refractivity contribution in [1.82, 2.24) is 9.97 Å². The van der Waals surface area contributed by atoms with E-state index in [-0.39, 0.29) is 0 Å². The molecule has 0 amide bonds. The van der Waals surface area contributed by atoms with Gasteiger partial charge in [0.1, 0.15) is 11.6 Å². The molecule has 1 N–H and O–H groups in total. The molecule has 0 aliphatic heterocycles. The van der Waals surface area contributed by atoms with Crippen molar-refractivity contribution in [2.45, 2.75) is 20.8 Å². The van der Waals surface area contributed by atoms with Gasteiger partial charge < -0.3 is 0 Å². The molecule has 0 aliphatic carbocycles. The summed E-state index contributed by atoms with van der Waals surface area (Å²) in [7, 11) is 0. The van der Waals surface area contributed by atoms with Gasteiger partial charge in [0, 0.05) is 11.6 Å². The maximum Gasteiger partial charge on any atom is 0.150 e. The van der Waals surface area contributed by atoms with Crippen LogP contribution >= 0.6 is 0 Å². The van der Waals surface area contributed by atoms with Crippen molar-refractivity contribution in [2.24, 2.45) is 5.10 Å². The standard InChI is InChI=1S/C21H19N5/c1-14-8-10-17(11-9-14)15(2)25-26-21-12-20(23-16(3)24-21)19-7-5-4-6-18(19)13-22/h4-12H,1-3H3,(H,23,24,26)/b25-15-. The van der Waals surface area contributed by atoms with Gasteiger partial charge in [-0.15, -0.1) is 0 Å². The van der Waals surface area contributed by atoms with Crippen LogP contribution in [-0.4, -0.2) is 15.7 Å². The molecule has 0 saturated carbocycles. The summed E-state index contributed by atoms with van der Waals surface area (Å²) >= 11 is 0. The van der Waals surface area contributed by atoms with Crippen molar-refractivity contribution in [1.29, 1.82) is 5.26 Å². The highest BCUT2D eigenvalue weighted by Gasteiger charge is 2.08. The van der Waals surface area contributed by atoms with E-state index < -0.39 is 0 Å². The van der Waals surface area contributed by atoms with Gasteiger partial charge in [-0.3, -0.25) is 5.43 Å². The second-order valence-electron chi connectivity index (χ2n) is 6.02. The second-order valence-corrected chi connectivity index (χ2v) is 6.02. The van der Waals surface area contributed by atoms with Crippen LogP contribution in [0.2, 0.25) is 0 Å². The fraction of sp³-hybridized carbons (Fsp3) is 0.143. The van der Waals surface area contributed by atoms with E-state index in [4.69, 9.17) is 0 Å². The molecule has 128 valence electrons. The highest BCUT2D eigenvalue weighted by Crippen LogP contribution is 2.23. The van der Waals surface area contributed by atoms with E-state index in [0.29, 0.717) is 22.9 Å². The lowest BCUT2D eigenvalue weighted by atomic mass is 10.1. The Bertz CT molecular complexity index is 998. The first-order chi connectivity index (χ1) is 12.6. The number of anilines is 1. The average Bonchev–Trinajstić information content (AvgIpc) is 2.66. The van der Waals surface area contributed by atoms with E-state index in [1.54, 1.807) is 12.1 Å². The van der Waals surface area contributed by atoms with Crippen LogP contribution in [0.15, 0.2) is 59.7 Å². The molecule has 0 spiro atoms. The average molecular weight is 341 g/mol. The third-order valence-electron chi connectivity index (χ3n) is 3.97. The molecule has 3 rings (SSSR count). The van der Waals surface area contributed by atoms with Crippen LogP contribution < -0.4 is 5.43 Å². The van der Waals surface area contributed by atoms with Crippen LogP contribution in [0, 0.1) is 25.2 Å². The zero-order chi connectivity index (χ0) is 18.5. The Morgan fingerprint density at radius 3 is 2.50 bits per heavy atom. The molecule has 0 fully saturated rings. The molecule has 1 heterocycles. The highest BCUT2D eigenvalue weighted by atomic mass is 15.3. The maximum absolute atomic E-state index is 9.31. The van der Waals surface area contributed by atoms with E-state index in [0.717, 1.165) is 16.8 Å². The van der Waals surface area contributed by atoms with Crippen molar-refractivity contribution in [2.75, 3.05) is 5.43 Å². The maximum atomic E-state index is 9.31. The van der Waals surface area contributed by atoms with Crippen LogP contribution in [0.1, 0.15) is 29.4 Å². The van der Waals surface area contributed by atoms with Gasteiger partial charge in [0.25, 0.3) is 0 Å². The predicted octanol–water partition coefficient (Wildman–Crippen LogP) is 4.47. The van der Waals surface area contributed by atoms with Gasteiger partial charge in [-0.2, -0.15) is 10.4 Å². The third kappa shape index (κ3) is 3.93. The first-order valence-corrected chi connectivity index (χ1v) is 8.29. The molecule has 26 heavy (non-hydrogen) atoms. The largest absolute Gasteiger partial charge is 0.261 e. The zero-order valence-corrected chi connectivity index (χ0v) is 15.0. The number of benzene rings is 2. The molecule has 0 aliphatic rings. The summed E-state index contributed by atoms with van der Waals surface area (Å²) in [5, 5.41) is 13.7. The Kier molecular flexibility index (Phi) is 5.04. The van der Waals surface area contributed by atoms with Crippen molar-refractivity contribution in [3.63, 3.8) is 0 Å². The molecule has 2 aromatic carbocycles. The summed E-state index contributed by atoms with van der Waals surface area (Å²) < 4.78 is 0. The summed E-state index contributed by atoms with van der Waals surface area (Å²) in [4.78, 5) is 8.84. The topological polar surface area (TPSA) is 74.0 Å². The van der Waals surface area contributed by atoms with E-state index in [1.165, 1.54) is 5.56 Å². The van der Waals surface area contributed by atoms with Gasteiger partial charge in [-0.25, -0.2) is 9.97 Å². The van der Waals surface area contributed by atoms with Crippen LogP contribution in [0.5, 0.6) is 0 Å². The Labute approximate surface area is 153 Å². The number of aryl methyl sites for hydroxylation is 2. The van der Waals surface area contributed by atoms with Gasteiger partial charge in [-0.05, 0) is 32.4 Å². The number of hydrazone groups is 1. The fourth-order valence-corrected chi connectivity index (χ4v) is 2.57. The van der Waals surface area contributed by atoms with Crippen LogP contribution in [-0.2, 0) is 0 Å². The number of nitrogens with zero attached hydrogens (tertiary/aromatic N) is 4. The molecule has 0 radical (unpaired) electrons. The smallest absolute Gasteiger partial charge is 0.150 e. The molecule has 1 aromatic heterocycles. The molecule has 5 nitrogen and oxygen atoms in total. The molecular weight excluding hydrogens is 322 g/mol. The number of aromatic nitrogens is 2. The van der Waals surface area contributed by atoms with Crippen molar-refractivity contribution in [3.8, 4) is 17.3 Å². The Morgan fingerprint density at radius 1 is 1.04 bits per heavy atom. The van der Waals surface area contributed by atoms with Crippen molar-refractivity contribution < 1.29 is 0 Å². The molecule has 5 heteroatoms. The zero-order valence-electron chi connectivity index (χ0n) is 15.0. The first-order valence-electron chi connectivity index (χ1n) is 8.29. The lowest BCUT2D eigenvalue weighted by Gasteiger charge is -2.08. The van der Waals surface area contributed by atoms with E-state index in [1.807, 2.05) is 44.2 Å². The Balaban J connectivity index is 1.90. The van der Waals surface area contributed by atoms with Crippen LogP contribution in [0.4, 0.5) is 5.82 Å². The van der Waals surface area contributed by atoms with Gasteiger partial charge in [0.15, 0.2) is 0 Å². The van der Waals surface area contributed by atoms with E-state index >= 15 is 0 Å². The first kappa shape index (κ1) is 17.3. The monoisotopic (exact) mass is 341 g/mol. The van der Waals surface area contributed by atoms with Crippen molar-refractivity contribution >= 4 is 11.5 Å². The Morgan fingerprint density at radius 2 is 1.77 bits per heavy atom. The summed E-state index contributed by atoms with van der Waals surface area (Å²) in [6, 6.07) is 19.6. The lowest BCUT2D eigenvalue weighted by molar-refractivity contribution is 1.05. The minimum Gasteiger partial charge on any atom is -0.261 e. The summed E-state index contributed by atoms with van der Waals surface area (Å²) in [6.45, 7) is 5.82. The predicted molar refractivity (Wildman–Crippen MR) is 104 cm³/mol.